The second-order valence-electron chi connectivity index (χ2n) is 9.68. The number of carbonyl (C=O) groups excluding carboxylic acids is 2. The van der Waals surface area contributed by atoms with Gasteiger partial charge in [-0.2, -0.15) is 0 Å². The fraction of sp³-hybridized carbons (Fsp3) is 0.500. The highest BCUT2D eigenvalue weighted by molar-refractivity contribution is 6.02. The van der Waals surface area contributed by atoms with Gasteiger partial charge in [-0.05, 0) is 35.4 Å². The molecule has 2 aromatic rings. The first kappa shape index (κ1) is 26.1. The van der Waals surface area contributed by atoms with Crippen molar-refractivity contribution in [3.8, 4) is 23.0 Å². The number of benzene rings is 2. The van der Waals surface area contributed by atoms with Crippen molar-refractivity contribution in [1.82, 2.24) is 9.80 Å². The SMILES string of the molecule is COc1ccc([C@@H]2[C@@H](C(=O)N3CCC4(CC3)OCCO4)c3cc(OC)c(OC)cc3C(=O)N2C)cc1OC. The molecule has 2 amide bonds. The molecule has 10 heteroatoms. The molecule has 2 atom stereocenters. The van der Waals surface area contributed by atoms with E-state index in [2.05, 4.69) is 0 Å². The van der Waals surface area contributed by atoms with Crippen LogP contribution in [0.4, 0.5) is 0 Å². The van der Waals surface area contributed by atoms with Crippen molar-refractivity contribution in [1.29, 1.82) is 0 Å². The molecule has 38 heavy (non-hydrogen) atoms. The molecule has 3 aliphatic heterocycles. The molecule has 0 bridgehead atoms. The average Bonchev–Trinajstić information content (AvgIpc) is 3.41. The Morgan fingerprint density at radius 1 is 0.868 bits per heavy atom. The van der Waals surface area contributed by atoms with Gasteiger partial charge in [0.2, 0.25) is 5.91 Å². The van der Waals surface area contributed by atoms with E-state index in [9.17, 15) is 9.59 Å². The molecular weight excluding hydrogens is 492 g/mol. The van der Waals surface area contributed by atoms with Crippen molar-refractivity contribution in [2.75, 3.05) is 61.8 Å². The maximum absolute atomic E-state index is 14.4. The zero-order valence-electron chi connectivity index (χ0n) is 22.4. The molecule has 1 spiro atoms. The average molecular weight is 527 g/mol. The number of methoxy groups -OCH3 is 4. The molecule has 0 radical (unpaired) electrons. The first-order valence-corrected chi connectivity index (χ1v) is 12.7. The first-order valence-electron chi connectivity index (χ1n) is 12.7. The van der Waals surface area contributed by atoms with Crippen molar-refractivity contribution < 1.29 is 38.0 Å². The summed E-state index contributed by atoms with van der Waals surface area (Å²) in [7, 11) is 7.90. The van der Waals surface area contributed by atoms with Gasteiger partial charge in [0.1, 0.15) is 0 Å². The van der Waals surface area contributed by atoms with E-state index < -0.39 is 17.7 Å². The number of nitrogens with zero attached hydrogens (tertiary/aromatic N) is 2. The highest BCUT2D eigenvalue weighted by Gasteiger charge is 2.47. The third-order valence-electron chi connectivity index (χ3n) is 7.84. The second-order valence-corrected chi connectivity index (χ2v) is 9.68. The van der Waals surface area contributed by atoms with Crippen molar-refractivity contribution in [3.05, 3.63) is 47.0 Å². The summed E-state index contributed by atoms with van der Waals surface area (Å²) in [4.78, 5) is 31.5. The normalized spacial score (nSPS) is 22.3. The molecule has 3 heterocycles. The summed E-state index contributed by atoms with van der Waals surface area (Å²) in [5, 5.41) is 0. The van der Waals surface area contributed by atoms with Crippen LogP contribution < -0.4 is 18.9 Å². The summed E-state index contributed by atoms with van der Waals surface area (Å²) < 4.78 is 33.7. The Morgan fingerprint density at radius 2 is 1.45 bits per heavy atom. The Bertz CT molecular complexity index is 1220. The maximum Gasteiger partial charge on any atom is 0.254 e. The second kappa shape index (κ2) is 10.3. The number of ether oxygens (including phenoxy) is 6. The molecule has 2 aromatic carbocycles. The third kappa shape index (κ3) is 4.31. The van der Waals surface area contributed by atoms with Crippen LogP contribution >= 0.6 is 0 Å². The number of hydrogen-bond donors (Lipinski definition) is 0. The lowest BCUT2D eigenvalue weighted by atomic mass is 9.78. The standard InChI is InChI=1S/C28H34N2O8/c1-29-25(17-6-7-20(33-2)21(14-17)34-3)24(18-15-22(35-4)23(36-5)16-19(18)26(29)31)27(32)30-10-8-28(9-11-30)37-12-13-38-28/h6-7,14-16,24-25H,8-13H2,1-5H3/t24-,25+/m0/s1. The summed E-state index contributed by atoms with van der Waals surface area (Å²) in [6.07, 6.45) is 1.19. The number of piperidine rings is 1. The van der Waals surface area contributed by atoms with E-state index in [1.54, 1.807) is 44.4 Å². The van der Waals surface area contributed by atoms with E-state index in [0.29, 0.717) is 73.3 Å². The van der Waals surface area contributed by atoms with Crippen LogP contribution in [0.1, 0.15) is 46.3 Å². The summed E-state index contributed by atoms with van der Waals surface area (Å²) in [6, 6.07) is 8.30. The molecule has 5 rings (SSSR count). The quantitative estimate of drug-likeness (QED) is 0.567. The van der Waals surface area contributed by atoms with Crippen LogP contribution in [0.3, 0.4) is 0 Å². The zero-order valence-corrected chi connectivity index (χ0v) is 22.4. The maximum atomic E-state index is 14.4. The van der Waals surface area contributed by atoms with Crippen molar-refractivity contribution in [2.45, 2.75) is 30.6 Å². The fourth-order valence-corrected chi connectivity index (χ4v) is 5.82. The minimum absolute atomic E-state index is 0.0783. The van der Waals surface area contributed by atoms with Crippen LogP contribution in [-0.4, -0.2) is 89.2 Å². The van der Waals surface area contributed by atoms with E-state index in [1.165, 1.54) is 14.2 Å². The number of likely N-dealkylation sites (tertiary alicyclic amines) is 1. The topological polar surface area (TPSA) is 96.0 Å². The smallest absolute Gasteiger partial charge is 0.254 e. The molecular formula is C28H34N2O8. The Morgan fingerprint density at radius 3 is 2.05 bits per heavy atom. The van der Waals surface area contributed by atoms with Crippen LogP contribution in [0.5, 0.6) is 23.0 Å². The number of hydrogen-bond acceptors (Lipinski definition) is 8. The molecule has 204 valence electrons. The van der Waals surface area contributed by atoms with E-state index >= 15 is 0 Å². The third-order valence-corrected chi connectivity index (χ3v) is 7.84. The van der Waals surface area contributed by atoms with Crippen LogP contribution in [0, 0.1) is 0 Å². The predicted molar refractivity (Wildman–Crippen MR) is 137 cm³/mol. The minimum atomic E-state index is -0.690. The van der Waals surface area contributed by atoms with Crippen LogP contribution in [0.2, 0.25) is 0 Å². The molecule has 3 aliphatic rings. The molecule has 2 saturated heterocycles. The predicted octanol–water partition coefficient (Wildman–Crippen LogP) is 3.00. The van der Waals surface area contributed by atoms with Gasteiger partial charge < -0.3 is 38.2 Å². The highest BCUT2D eigenvalue weighted by atomic mass is 16.7. The molecule has 0 N–H and O–H groups in total. The summed E-state index contributed by atoms with van der Waals surface area (Å²) in [5.74, 6) is 0.384. The van der Waals surface area contributed by atoms with Gasteiger partial charge in [-0.25, -0.2) is 0 Å². The van der Waals surface area contributed by atoms with Gasteiger partial charge in [0.15, 0.2) is 28.8 Å². The Hall–Kier alpha value is -3.50. The van der Waals surface area contributed by atoms with Gasteiger partial charge >= 0.3 is 0 Å². The number of carbonyl (C=O) groups is 2. The fourth-order valence-electron chi connectivity index (χ4n) is 5.82. The van der Waals surface area contributed by atoms with Crippen LogP contribution in [0.25, 0.3) is 0 Å². The Balaban J connectivity index is 1.60. The number of amides is 2. The largest absolute Gasteiger partial charge is 0.493 e. The lowest BCUT2D eigenvalue weighted by Gasteiger charge is -2.44. The summed E-state index contributed by atoms with van der Waals surface area (Å²) >= 11 is 0. The minimum Gasteiger partial charge on any atom is -0.493 e. The van der Waals surface area contributed by atoms with Crippen molar-refractivity contribution in [2.24, 2.45) is 0 Å². The molecule has 0 aromatic heterocycles. The molecule has 0 aliphatic carbocycles. The van der Waals surface area contributed by atoms with E-state index in [-0.39, 0.29) is 11.8 Å². The summed E-state index contributed by atoms with van der Waals surface area (Å²) in [5.41, 5.74) is 1.77. The van der Waals surface area contributed by atoms with Gasteiger partial charge in [0.25, 0.3) is 5.91 Å². The first-order chi connectivity index (χ1) is 18.4. The van der Waals surface area contributed by atoms with Crippen LogP contribution in [0.15, 0.2) is 30.3 Å². The number of fused-ring (bicyclic) bond motifs is 1. The lowest BCUT2D eigenvalue weighted by Crippen LogP contribution is -2.51. The number of likely N-dealkylation sites (N-methyl/N-ethyl adjacent to an activating group) is 1. The molecule has 10 nitrogen and oxygen atoms in total. The van der Waals surface area contributed by atoms with Crippen molar-refractivity contribution in [3.63, 3.8) is 0 Å². The van der Waals surface area contributed by atoms with Gasteiger partial charge in [-0.15, -0.1) is 0 Å². The summed E-state index contributed by atoms with van der Waals surface area (Å²) in [6.45, 7) is 2.13. The van der Waals surface area contributed by atoms with Gasteiger partial charge in [-0.1, -0.05) is 6.07 Å². The molecule has 2 fully saturated rings. The Kier molecular flexibility index (Phi) is 7.11. The van der Waals surface area contributed by atoms with Gasteiger partial charge in [0.05, 0.1) is 53.6 Å². The highest BCUT2D eigenvalue weighted by Crippen LogP contribution is 2.48. The van der Waals surface area contributed by atoms with Gasteiger partial charge in [0, 0.05) is 38.5 Å². The molecule has 0 saturated carbocycles. The van der Waals surface area contributed by atoms with E-state index in [1.807, 2.05) is 17.0 Å². The number of rotatable bonds is 6. The van der Waals surface area contributed by atoms with Crippen molar-refractivity contribution >= 4 is 11.8 Å². The van der Waals surface area contributed by atoms with E-state index in [0.717, 1.165) is 5.56 Å². The molecule has 0 unspecified atom stereocenters. The van der Waals surface area contributed by atoms with Crippen LogP contribution in [-0.2, 0) is 14.3 Å². The zero-order chi connectivity index (χ0) is 27.0. The van der Waals surface area contributed by atoms with E-state index in [4.69, 9.17) is 28.4 Å². The van der Waals surface area contributed by atoms with Gasteiger partial charge in [-0.3, -0.25) is 9.59 Å². The lowest BCUT2D eigenvalue weighted by molar-refractivity contribution is -0.188. The monoisotopic (exact) mass is 526 g/mol. The Labute approximate surface area is 222 Å².